The third-order valence-electron chi connectivity index (χ3n) is 4.34. The van der Waals surface area contributed by atoms with Crippen LogP contribution in [0, 0.1) is 0 Å². The summed E-state index contributed by atoms with van der Waals surface area (Å²) in [6.45, 7) is 0. The third-order valence-corrected chi connectivity index (χ3v) is 4.34. The minimum absolute atomic E-state index is 0.652. The summed E-state index contributed by atoms with van der Waals surface area (Å²) in [7, 11) is 5.17. The fourth-order valence-electron chi connectivity index (χ4n) is 2.94. The number of fused-ring (bicyclic) bond motifs is 1. The van der Waals surface area contributed by atoms with Gasteiger partial charge in [-0.25, -0.2) is 15.0 Å². The van der Waals surface area contributed by atoms with E-state index < -0.39 is 0 Å². The molecule has 0 aliphatic heterocycles. The predicted molar refractivity (Wildman–Crippen MR) is 104 cm³/mol. The molecule has 0 aliphatic rings. The van der Waals surface area contributed by atoms with Crippen molar-refractivity contribution in [3.8, 4) is 22.8 Å². The molecule has 0 bridgehead atoms. The number of hydrogen-bond donors (Lipinski definition) is 0. The highest BCUT2D eigenvalue weighted by atomic mass is 16.5. The molecule has 7 heteroatoms. The average molecular weight is 361 g/mol. The molecule has 0 atom stereocenters. The standard InChI is InChI=1S/C20H19N5O2/c1-24(18-6-4-5-9-21-18)20-23-15(13-19-22-10-11-25(19)20)14-7-8-16(26-2)17(12-14)27-3/h4-13H,1-3H3. The molecule has 136 valence electrons. The van der Waals surface area contributed by atoms with E-state index in [-0.39, 0.29) is 0 Å². The van der Waals surface area contributed by atoms with Crippen LogP contribution in [-0.2, 0) is 0 Å². The number of rotatable bonds is 5. The van der Waals surface area contributed by atoms with E-state index in [1.54, 1.807) is 26.6 Å². The number of anilines is 2. The first-order valence-electron chi connectivity index (χ1n) is 8.42. The van der Waals surface area contributed by atoms with E-state index in [0.29, 0.717) is 17.4 Å². The zero-order chi connectivity index (χ0) is 18.8. The molecule has 0 aliphatic carbocycles. The molecule has 0 unspecified atom stereocenters. The third kappa shape index (κ3) is 3.03. The molecule has 0 saturated heterocycles. The summed E-state index contributed by atoms with van der Waals surface area (Å²) in [6.07, 6.45) is 5.40. The van der Waals surface area contributed by atoms with E-state index in [0.717, 1.165) is 22.7 Å². The maximum absolute atomic E-state index is 5.42. The summed E-state index contributed by atoms with van der Waals surface area (Å²) in [4.78, 5) is 15.6. The van der Waals surface area contributed by atoms with Gasteiger partial charge in [-0.15, -0.1) is 0 Å². The highest BCUT2D eigenvalue weighted by molar-refractivity contribution is 5.70. The first-order chi connectivity index (χ1) is 13.2. The summed E-state index contributed by atoms with van der Waals surface area (Å²) in [5.74, 6) is 2.84. The molecule has 4 aromatic rings. The van der Waals surface area contributed by atoms with Crippen molar-refractivity contribution in [3.05, 3.63) is 61.1 Å². The van der Waals surface area contributed by atoms with Gasteiger partial charge < -0.3 is 9.47 Å². The van der Waals surface area contributed by atoms with Crippen molar-refractivity contribution in [2.45, 2.75) is 0 Å². The molecule has 7 nitrogen and oxygen atoms in total. The lowest BCUT2D eigenvalue weighted by Gasteiger charge is -2.19. The van der Waals surface area contributed by atoms with Crippen molar-refractivity contribution in [1.29, 1.82) is 0 Å². The molecule has 0 radical (unpaired) electrons. The van der Waals surface area contributed by atoms with Gasteiger partial charge in [0.05, 0.1) is 19.9 Å². The molecule has 1 aromatic carbocycles. The van der Waals surface area contributed by atoms with Gasteiger partial charge in [-0.2, -0.15) is 0 Å². The quantitative estimate of drug-likeness (QED) is 0.541. The Labute approximate surface area is 156 Å². The Morgan fingerprint density at radius 1 is 0.926 bits per heavy atom. The number of ether oxygens (including phenoxy) is 2. The SMILES string of the molecule is COc1ccc(-c2cc3nccn3c(N(C)c3ccccn3)n2)cc1OC. The van der Waals surface area contributed by atoms with Crippen LogP contribution in [-0.4, -0.2) is 40.6 Å². The second-order valence-corrected chi connectivity index (χ2v) is 5.91. The normalized spacial score (nSPS) is 10.8. The molecule has 3 heterocycles. The number of benzene rings is 1. The van der Waals surface area contributed by atoms with Crippen molar-refractivity contribution in [2.75, 3.05) is 26.2 Å². The lowest BCUT2D eigenvalue weighted by atomic mass is 10.1. The smallest absolute Gasteiger partial charge is 0.217 e. The van der Waals surface area contributed by atoms with Gasteiger partial charge in [-0.05, 0) is 30.3 Å². The first-order valence-corrected chi connectivity index (χ1v) is 8.42. The van der Waals surface area contributed by atoms with E-state index in [1.807, 2.05) is 65.0 Å². The Morgan fingerprint density at radius 2 is 1.78 bits per heavy atom. The van der Waals surface area contributed by atoms with Crippen LogP contribution in [0.3, 0.4) is 0 Å². The van der Waals surface area contributed by atoms with Gasteiger partial charge in [-0.3, -0.25) is 9.30 Å². The fraction of sp³-hybridized carbons (Fsp3) is 0.150. The van der Waals surface area contributed by atoms with Crippen LogP contribution in [0.15, 0.2) is 61.1 Å². The van der Waals surface area contributed by atoms with Crippen LogP contribution >= 0.6 is 0 Å². The van der Waals surface area contributed by atoms with Gasteiger partial charge in [-0.1, -0.05) is 6.07 Å². The molecular weight excluding hydrogens is 342 g/mol. The largest absolute Gasteiger partial charge is 0.493 e. The number of aromatic nitrogens is 4. The van der Waals surface area contributed by atoms with Crippen molar-refractivity contribution >= 4 is 17.4 Å². The van der Waals surface area contributed by atoms with Gasteiger partial charge in [0.2, 0.25) is 5.95 Å². The predicted octanol–water partition coefficient (Wildman–Crippen LogP) is 3.58. The van der Waals surface area contributed by atoms with Gasteiger partial charge >= 0.3 is 0 Å². The zero-order valence-corrected chi connectivity index (χ0v) is 15.3. The minimum atomic E-state index is 0.652. The number of imidazole rings is 1. The Balaban J connectivity index is 1.86. The second kappa shape index (κ2) is 6.95. The summed E-state index contributed by atoms with van der Waals surface area (Å²) in [5, 5.41) is 0. The zero-order valence-electron chi connectivity index (χ0n) is 15.3. The molecule has 0 amide bonds. The lowest BCUT2D eigenvalue weighted by Crippen LogP contribution is -2.16. The van der Waals surface area contributed by atoms with Crippen LogP contribution in [0.1, 0.15) is 0 Å². The highest BCUT2D eigenvalue weighted by Crippen LogP contribution is 2.33. The number of nitrogens with zero attached hydrogens (tertiary/aromatic N) is 5. The topological polar surface area (TPSA) is 64.8 Å². The summed E-state index contributed by atoms with van der Waals surface area (Å²) < 4.78 is 12.7. The van der Waals surface area contributed by atoms with E-state index in [2.05, 4.69) is 9.97 Å². The van der Waals surface area contributed by atoms with E-state index in [4.69, 9.17) is 14.5 Å². The number of methoxy groups -OCH3 is 2. The number of pyridine rings is 1. The van der Waals surface area contributed by atoms with Gasteiger partial charge in [0.25, 0.3) is 0 Å². The molecule has 3 aromatic heterocycles. The summed E-state index contributed by atoms with van der Waals surface area (Å²) in [6, 6.07) is 13.4. The summed E-state index contributed by atoms with van der Waals surface area (Å²) >= 11 is 0. The Bertz CT molecular complexity index is 1080. The minimum Gasteiger partial charge on any atom is -0.493 e. The van der Waals surface area contributed by atoms with Crippen molar-refractivity contribution in [2.24, 2.45) is 0 Å². The maximum Gasteiger partial charge on any atom is 0.217 e. The van der Waals surface area contributed by atoms with E-state index >= 15 is 0 Å². The van der Waals surface area contributed by atoms with Crippen LogP contribution in [0.5, 0.6) is 11.5 Å². The monoisotopic (exact) mass is 361 g/mol. The molecule has 0 N–H and O–H groups in total. The fourth-order valence-corrected chi connectivity index (χ4v) is 2.94. The molecule has 0 saturated carbocycles. The van der Waals surface area contributed by atoms with Crippen LogP contribution in [0.4, 0.5) is 11.8 Å². The highest BCUT2D eigenvalue weighted by Gasteiger charge is 2.15. The van der Waals surface area contributed by atoms with Crippen LogP contribution < -0.4 is 14.4 Å². The Hall–Kier alpha value is -3.61. The molecule has 0 fully saturated rings. The van der Waals surface area contributed by atoms with Gasteiger partial charge in [0.15, 0.2) is 11.5 Å². The van der Waals surface area contributed by atoms with E-state index in [1.165, 1.54) is 0 Å². The molecular formula is C20H19N5O2. The molecule has 4 rings (SSSR count). The maximum atomic E-state index is 5.42. The van der Waals surface area contributed by atoms with Crippen molar-refractivity contribution < 1.29 is 9.47 Å². The van der Waals surface area contributed by atoms with Crippen LogP contribution in [0.2, 0.25) is 0 Å². The molecule has 0 spiro atoms. The van der Waals surface area contributed by atoms with Gasteiger partial charge in [0.1, 0.15) is 11.5 Å². The second-order valence-electron chi connectivity index (χ2n) is 5.91. The Morgan fingerprint density at radius 3 is 2.52 bits per heavy atom. The first kappa shape index (κ1) is 16.8. The van der Waals surface area contributed by atoms with Crippen molar-refractivity contribution in [1.82, 2.24) is 19.4 Å². The van der Waals surface area contributed by atoms with Crippen LogP contribution in [0.25, 0.3) is 16.9 Å². The molecule has 27 heavy (non-hydrogen) atoms. The number of hydrogen-bond acceptors (Lipinski definition) is 6. The lowest BCUT2D eigenvalue weighted by molar-refractivity contribution is 0.355. The van der Waals surface area contributed by atoms with Gasteiger partial charge in [0, 0.05) is 37.3 Å². The summed E-state index contributed by atoms with van der Waals surface area (Å²) in [5.41, 5.74) is 2.49. The Kier molecular flexibility index (Phi) is 4.33. The average Bonchev–Trinajstić information content (AvgIpc) is 3.21. The van der Waals surface area contributed by atoms with Crippen molar-refractivity contribution in [3.63, 3.8) is 0 Å². The van der Waals surface area contributed by atoms with E-state index in [9.17, 15) is 0 Å².